The van der Waals surface area contributed by atoms with E-state index in [2.05, 4.69) is 0 Å². The topological polar surface area (TPSA) is 75.0 Å². The van der Waals surface area contributed by atoms with Crippen molar-refractivity contribution >= 4 is 13.6 Å². The molecule has 0 amide bonds. The maximum Gasteiger partial charge on any atom is 0.374 e. The average Bonchev–Trinajstić information content (AvgIpc) is 2.78. The summed E-state index contributed by atoms with van der Waals surface area (Å²) in [6.07, 6.45) is -0.00587. The molecule has 0 radical (unpaired) electrons. The largest absolute Gasteiger partial charge is 0.460 e. The zero-order chi connectivity index (χ0) is 14.3. The molecule has 0 unspecified atom stereocenters. The molecule has 108 valence electrons. The van der Waals surface area contributed by atoms with Gasteiger partial charge in [0.05, 0.1) is 19.8 Å². The predicted octanol–water partition coefficient (Wildman–Crippen LogP) is 3.22. The summed E-state index contributed by atoms with van der Waals surface area (Å²) in [5, 5.41) is 0. The van der Waals surface area contributed by atoms with Crippen molar-refractivity contribution < 1.29 is 27.6 Å². The van der Waals surface area contributed by atoms with E-state index in [1.165, 1.54) is 6.07 Å². The summed E-state index contributed by atoms with van der Waals surface area (Å²) in [5.74, 6) is -0.0962. The fourth-order valence-corrected chi connectivity index (χ4v) is 3.08. The zero-order valence-electron chi connectivity index (χ0n) is 11.4. The Hall–Kier alpha value is -1.10. The van der Waals surface area contributed by atoms with Gasteiger partial charge >= 0.3 is 13.6 Å². The van der Waals surface area contributed by atoms with E-state index >= 15 is 0 Å². The first-order chi connectivity index (χ1) is 9.04. The van der Waals surface area contributed by atoms with Gasteiger partial charge in [-0.15, -0.1) is 0 Å². The molecule has 6 nitrogen and oxygen atoms in total. The lowest BCUT2D eigenvalue weighted by molar-refractivity contribution is 0.0488. The van der Waals surface area contributed by atoms with Crippen molar-refractivity contribution in [2.75, 3.05) is 19.8 Å². The highest BCUT2D eigenvalue weighted by molar-refractivity contribution is 7.53. The van der Waals surface area contributed by atoms with Gasteiger partial charge in [0.25, 0.3) is 0 Å². The summed E-state index contributed by atoms with van der Waals surface area (Å²) in [4.78, 5) is 11.4. The van der Waals surface area contributed by atoms with Crippen LogP contribution in [0.15, 0.2) is 16.5 Å². The van der Waals surface area contributed by atoms with Crippen molar-refractivity contribution in [3.05, 3.63) is 23.7 Å². The Morgan fingerprint density at radius 2 is 1.79 bits per heavy atom. The van der Waals surface area contributed by atoms with Crippen molar-refractivity contribution in [2.24, 2.45) is 0 Å². The smallest absolute Gasteiger partial charge is 0.374 e. The maximum absolute atomic E-state index is 12.3. The Morgan fingerprint density at radius 3 is 2.32 bits per heavy atom. The van der Waals surface area contributed by atoms with Crippen LogP contribution in [0.1, 0.15) is 37.1 Å². The second-order valence-corrected chi connectivity index (χ2v) is 5.65. The van der Waals surface area contributed by atoms with Gasteiger partial charge in [-0.05, 0) is 32.9 Å². The van der Waals surface area contributed by atoms with Crippen LogP contribution in [-0.4, -0.2) is 25.8 Å². The zero-order valence-corrected chi connectivity index (χ0v) is 12.3. The summed E-state index contributed by atoms with van der Waals surface area (Å²) in [6.45, 7) is 6.01. The van der Waals surface area contributed by atoms with Gasteiger partial charge in [-0.1, -0.05) is 0 Å². The number of furan rings is 1. The van der Waals surface area contributed by atoms with Crippen LogP contribution in [0.3, 0.4) is 0 Å². The van der Waals surface area contributed by atoms with Crippen molar-refractivity contribution in [2.45, 2.75) is 26.9 Å². The Balaban J connectivity index is 2.75. The molecular formula is C12H19O6P. The summed E-state index contributed by atoms with van der Waals surface area (Å²) in [7, 11) is -3.22. The molecule has 1 aromatic heterocycles. The molecule has 0 fully saturated rings. The molecule has 1 heterocycles. The Morgan fingerprint density at radius 1 is 1.16 bits per heavy atom. The van der Waals surface area contributed by atoms with Crippen LogP contribution in [0.5, 0.6) is 0 Å². The van der Waals surface area contributed by atoms with Crippen LogP contribution in [0.25, 0.3) is 0 Å². The van der Waals surface area contributed by atoms with Crippen molar-refractivity contribution in [3.8, 4) is 0 Å². The molecule has 0 atom stereocenters. The Bertz CT molecular complexity index is 443. The highest BCUT2D eigenvalue weighted by Gasteiger charge is 2.26. The van der Waals surface area contributed by atoms with Gasteiger partial charge in [-0.3, -0.25) is 4.57 Å². The van der Waals surface area contributed by atoms with Gasteiger partial charge in [0.2, 0.25) is 5.76 Å². The van der Waals surface area contributed by atoms with Crippen LogP contribution in [0.4, 0.5) is 0 Å². The molecule has 0 saturated carbocycles. The predicted molar refractivity (Wildman–Crippen MR) is 69.2 cm³/mol. The molecule has 0 aliphatic rings. The molecule has 7 heteroatoms. The van der Waals surface area contributed by atoms with Crippen LogP contribution >= 0.6 is 7.60 Å². The minimum Gasteiger partial charge on any atom is -0.460 e. The first kappa shape index (κ1) is 16.0. The molecule has 1 rings (SSSR count). The van der Waals surface area contributed by atoms with Crippen molar-refractivity contribution in [1.29, 1.82) is 0 Å². The Kier molecular flexibility index (Phi) is 6.28. The molecule has 19 heavy (non-hydrogen) atoms. The third kappa shape index (κ3) is 4.82. The number of hydrogen-bond acceptors (Lipinski definition) is 6. The monoisotopic (exact) mass is 290 g/mol. The fourth-order valence-electron chi connectivity index (χ4n) is 1.49. The van der Waals surface area contributed by atoms with E-state index in [1.807, 2.05) is 0 Å². The lowest BCUT2D eigenvalue weighted by atomic mass is 10.4. The first-order valence-corrected chi connectivity index (χ1v) is 7.91. The quantitative estimate of drug-likeness (QED) is 0.540. The third-order valence-corrected chi connectivity index (χ3v) is 4.14. The number of carbonyl (C=O) groups excluding carboxylic acids is 1. The minimum atomic E-state index is -3.22. The van der Waals surface area contributed by atoms with E-state index < -0.39 is 13.6 Å². The highest BCUT2D eigenvalue weighted by atomic mass is 31.2. The second kappa shape index (κ2) is 7.48. The maximum atomic E-state index is 12.3. The van der Waals surface area contributed by atoms with E-state index in [0.29, 0.717) is 5.76 Å². The van der Waals surface area contributed by atoms with Crippen molar-refractivity contribution in [3.63, 3.8) is 0 Å². The van der Waals surface area contributed by atoms with E-state index in [4.69, 9.17) is 18.2 Å². The fraction of sp³-hybridized carbons (Fsp3) is 0.583. The summed E-state index contributed by atoms with van der Waals surface area (Å²) in [5.41, 5.74) is 0. The summed E-state index contributed by atoms with van der Waals surface area (Å²) >= 11 is 0. The van der Waals surface area contributed by atoms with Gasteiger partial charge in [0, 0.05) is 0 Å². The first-order valence-electron chi connectivity index (χ1n) is 6.18. The van der Waals surface area contributed by atoms with Gasteiger partial charge < -0.3 is 18.2 Å². The van der Waals surface area contributed by atoms with Crippen LogP contribution in [0, 0.1) is 0 Å². The number of ether oxygens (including phenoxy) is 1. The van der Waals surface area contributed by atoms with E-state index in [0.717, 1.165) is 0 Å². The molecular weight excluding hydrogens is 271 g/mol. The second-order valence-electron chi connectivity index (χ2n) is 3.59. The number of esters is 1. The number of rotatable bonds is 8. The van der Waals surface area contributed by atoms with Gasteiger partial charge in [0.1, 0.15) is 11.9 Å². The molecule has 0 aliphatic carbocycles. The summed E-state index contributed by atoms with van der Waals surface area (Å²) in [6, 6.07) is 3.05. The SMILES string of the molecule is CCOC(=O)c1ccc(CP(=O)(OCC)OCC)o1. The van der Waals surface area contributed by atoms with E-state index in [1.54, 1.807) is 26.8 Å². The number of carbonyl (C=O) groups is 1. The molecule has 1 aromatic rings. The lowest BCUT2D eigenvalue weighted by Gasteiger charge is -2.15. The van der Waals surface area contributed by atoms with Gasteiger partial charge in [0.15, 0.2) is 0 Å². The normalized spacial score (nSPS) is 11.5. The molecule has 0 spiro atoms. The minimum absolute atomic E-state index is 0.00587. The summed E-state index contributed by atoms with van der Waals surface area (Å²) < 4.78 is 32.6. The average molecular weight is 290 g/mol. The van der Waals surface area contributed by atoms with Crippen LogP contribution in [0.2, 0.25) is 0 Å². The van der Waals surface area contributed by atoms with Crippen LogP contribution in [-0.2, 0) is 24.5 Å². The van der Waals surface area contributed by atoms with Crippen molar-refractivity contribution in [1.82, 2.24) is 0 Å². The van der Waals surface area contributed by atoms with E-state index in [-0.39, 0.29) is 31.7 Å². The standard InChI is InChI=1S/C12H19O6P/c1-4-15-12(13)11-8-7-10(18-11)9-19(14,16-5-2)17-6-3/h7-8H,4-6,9H2,1-3H3. The lowest BCUT2D eigenvalue weighted by Crippen LogP contribution is -2.02. The number of hydrogen-bond donors (Lipinski definition) is 0. The third-order valence-electron chi connectivity index (χ3n) is 2.14. The molecule has 0 bridgehead atoms. The van der Waals surface area contributed by atoms with Gasteiger partial charge in [-0.25, -0.2) is 4.79 Å². The molecule has 0 saturated heterocycles. The molecule has 0 aromatic carbocycles. The van der Waals surface area contributed by atoms with E-state index in [9.17, 15) is 9.36 Å². The Labute approximate surface area is 112 Å². The highest BCUT2D eigenvalue weighted by Crippen LogP contribution is 2.51. The van der Waals surface area contributed by atoms with Crippen LogP contribution < -0.4 is 0 Å². The molecule has 0 aliphatic heterocycles. The molecule has 0 N–H and O–H groups in total. The van der Waals surface area contributed by atoms with Gasteiger partial charge in [-0.2, -0.15) is 0 Å².